The Morgan fingerprint density at radius 2 is 1.50 bits per heavy atom. The van der Waals surface area contributed by atoms with E-state index >= 15 is 0 Å². The highest BCUT2D eigenvalue weighted by molar-refractivity contribution is 5.33. The molecule has 0 aromatic heterocycles. The van der Waals surface area contributed by atoms with Gasteiger partial charge in [-0.15, -0.1) is 0 Å². The van der Waals surface area contributed by atoms with Crippen molar-refractivity contribution >= 4 is 12.2 Å². The fourth-order valence-corrected chi connectivity index (χ4v) is 2.07. The maximum absolute atomic E-state index is 9.94. The maximum atomic E-state index is 9.94. The number of rotatable bonds is 4. The van der Waals surface area contributed by atoms with Crippen molar-refractivity contribution < 1.29 is 9.59 Å². The lowest BCUT2D eigenvalue weighted by Crippen LogP contribution is -2.19. The Morgan fingerprint density at radius 1 is 1.00 bits per heavy atom. The van der Waals surface area contributed by atoms with E-state index in [1.54, 1.807) is 12.2 Å². The van der Waals surface area contributed by atoms with Gasteiger partial charge in [0.2, 0.25) is 12.2 Å². The normalized spacial score (nSPS) is 26.0. The number of hydrogen-bond acceptors (Lipinski definition) is 4. The summed E-state index contributed by atoms with van der Waals surface area (Å²) in [6, 6.07) is 0. The maximum Gasteiger partial charge on any atom is 0.234 e. The van der Waals surface area contributed by atoms with Gasteiger partial charge in [0.1, 0.15) is 0 Å². The minimum atomic E-state index is 0.469. The summed E-state index contributed by atoms with van der Waals surface area (Å²) in [5, 5.41) is 0. The first-order chi connectivity index (χ1) is 6.86. The lowest BCUT2D eigenvalue weighted by atomic mass is 9.81. The van der Waals surface area contributed by atoms with Crippen molar-refractivity contribution in [1.82, 2.24) is 0 Å². The van der Waals surface area contributed by atoms with Crippen molar-refractivity contribution in [2.75, 3.05) is 13.1 Å². The molecule has 1 aliphatic carbocycles. The number of carbonyl (C=O) groups excluding carboxylic acids is 2. The Labute approximate surface area is 83.1 Å². The highest BCUT2D eigenvalue weighted by Crippen LogP contribution is 2.29. The van der Waals surface area contributed by atoms with Crippen molar-refractivity contribution in [2.24, 2.45) is 21.8 Å². The third-order valence-electron chi connectivity index (χ3n) is 2.72. The first kappa shape index (κ1) is 10.8. The summed E-state index contributed by atoms with van der Waals surface area (Å²) in [6.45, 7) is 1.15. The summed E-state index contributed by atoms with van der Waals surface area (Å²) in [5.74, 6) is 0.939. The van der Waals surface area contributed by atoms with Gasteiger partial charge >= 0.3 is 0 Å². The van der Waals surface area contributed by atoms with Crippen LogP contribution in [0.4, 0.5) is 0 Å². The van der Waals surface area contributed by atoms with Gasteiger partial charge in [0.25, 0.3) is 0 Å². The zero-order valence-electron chi connectivity index (χ0n) is 8.11. The Morgan fingerprint density at radius 3 is 1.93 bits per heavy atom. The zero-order valence-corrected chi connectivity index (χ0v) is 8.11. The van der Waals surface area contributed by atoms with Gasteiger partial charge in [0.15, 0.2) is 0 Å². The molecule has 4 nitrogen and oxygen atoms in total. The molecule has 0 saturated heterocycles. The van der Waals surface area contributed by atoms with Gasteiger partial charge in [-0.1, -0.05) is 6.42 Å². The molecule has 2 atom stereocenters. The quantitative estimate of drug-likeness (QED) is 0.502. The molecule has 0 spiro atoms. The third kappa shape index (κ3) is 3.65. The zero-order chi connectivity index (χ0) is 10.2. The molecule has 4 heteroatoms. The fourth-order valence-electron chi connectivity index (χ4n) is 2.07. The van der Waals surface area contributed by atoms with Gasteiger partial charge in [-0.3, -0.25) is 0 Å². The predicted octanol–water partition coefficient (Wildman–Crippen LogP) is 1.46. The van der Waals surface area contributed by atoms with E-state index in [0.29, 0.717) is 24.9 Å². The molecule has 1 unspecified atom stereocenters. The highest BCUT2D eigenvalue weighted by Gasteiger charge is 2.21. The number of nitrogens with zero attached hydrogens (tertiary/aromatic N) is 2. The van der Waals surface area contributed by atoms with Crippen LogP contribution in [0.3, 0.4) is 0 Å². The van der Waals surface area contributed by atoms with Crippen molar-refractivity contribution in [1.29, 1.82) is 0 Å². The van der Waals surface area contributed by atoms with Gasteiger partial charge in [-0.25, -0.2) is 19.6 Å². The second-order valence-corrected chi connectivity index (χ2v) is 3.76. The van der Waals surface area contributed by atoms with E-state index in [1.165, 1.54) is 0 Å². The predicted molar refractivity (Wildman–Crippen MR) is 51.4 cm³/mol. The lowest BCUT2D eigenvalue weighted by molar-refractivity contribution is 0.278. The number of hydrogen-bond donors (Lipinski definition) is 0. The molecule has 0 N–H and O–H groups in total. The molecule has 0 amide bonds. The van der Waals surface area contributed by atoms with Crippen LogP contribution in [0.1, 0.15) is 25.7 Å². The summed E-state index contributed by atoms with van der Waals surface area (Å²) in [7, 11) is 0. The molecular formula is C10H14N2O2. The third-order valence-corrected chi connectivity index (χ3v) is 2.72. The summed E-state index contributed by atoms with van der Waals surface area (Å²) in [6.07, 6.45) is 7.51. The minimum Gasteiger partial charge on any atom is -0.211 e. The first-order valence-electron chi connectivity index (χ1n) is 4.94. The fraction of sp³-hybridized carbons (Fsp3) is 0.800. The van der Waals surface area contributed by atoms with E-state index in [-0.39, 0.29) is 0 Å². The van der Waals surface area contributed by atoms with E-state index in [4.69, 9.17) is 0 Å². The van der Waals surface area contributed by atoms with Crippen LogP contribution in [0.15, 0.2) is 9.98 Å². The number of aliphatic imine (C=N–C) groups is 2. The van der Waals surface area contributed by atoms with Crippen molar-refractivity contribution in [3.8, 4) is 0 Å². The topological polar surface area (TPSA) is 58.9 Å². The second kappa shape index (κ2) is 6.25. The van der Waals surface area contributed by atoms with Crippen molar-refractivity contribution in [3.63, 3.8) is 0 Å². The molecule has 0 aromatic carbocycles. The largest absolute Gasteiger partial charge is 0.234 e. The standard InChI is InChI=1S/C10H14N2O2/c13-7-11-5-9-2-1-3-10(4-9)6-12-8-14/h9-10H,1-6H2/t9-,10?/m1/s1. The van der Waals surface area contributed by atoms with Crippen LogP contribution in [0.25, 0.3) is 0 Å². The van der Waals surface area contributed by atoms with Crippen LogP contribution in [0.5, 0.6) is 0 Å². The number of isocyanates is 2. The molecule has 1 saturated carbocycles. The van der Waals surface area contributed by atoms with E-state index < -0.39 is 0 Å². The van der Waals surface area contributed by atoms with Gasteiger partial charge < -0.3 is 0 Å². The van der Waals surface area contributed by atoms with Gasteiger partial charge in [0, 0.05) is 0 Å². The summed E-state index contributed by atoms with van der Waals surface area (Å²) in [5.41, 5.74) is 0. The Bertz CT molecular complexity index is 239. The first-order valence-corrected chi connectivity index (χ1v) is 4.94. The van der Waals surface area contributed by atoms with Gasteiger partial charge in [0.05, 0.1) is 13.1 Å². The van der Waals surface area contributed by atoms with Crippen molar-refractivity contribution in [3.05, 3.63) is 0 Å². The molecule has 1 fully saturated rings. The molecule has 0 heterocycles. The average molecular weight is 194 g/mol. The molecule has 1 aliphatic rings. The molecule has 14 heavy (non-hydrogen) atoms. The van der Waals surface area contributed by atoms with Gasteiger partial charge in [-0.05, 0) is 31.1 Å². The van der Waals surface area contributed by atoms with Crippen molar-refractivity contribution in [2.45, 2.75) is 25.7 Å². The Balaban J connectivity index is 2.34. The van der Waals surface area contributed by atoms with E-state index in [2.05, 4.69) is 9.98 Å². The van der Waals surface area contributed by atoms with Crippen LogP contribution in [-0.2, 0) is 9.59 Å². The second-order valence-electron chi connectivity index (χ2n) is 3.76. The van der Waals surface area contributed by atoms with Crippen LogP contribution in [0, 0.1) is 11.8 Å². The summed E-state index contributed by atoms with van der Waals surface area (Å²) < 4.78 is 0. The molecular weight excluding hydrogens is 180 g/mol. The Kier molecular flexibility index (Phi) is 4.84. The summed E-state index contributed by atoms with van der Waals surface area (Å²) >= 11 is 0. The highest BCUT2D eigenvalue weighted by atomic mass is 16.1. The molecule has 0 aromatic rings. The van der Waals surface area contributed by atoms with E-state index in [1.807, 2.05) is 0 Å². The average Bonchev–Trinajstić information content (AvgIpc) is 2.24. The molecule has 0 bridgehead atoms. The summed E-state index contributed by atoms with van der Waals surface area (Å²) in [4.78, 5) is 27.1. The van der Waals surface area contributed by atoms with E-state index in [9.17, 15) is 9.59 Å². The minimum absolute atomic E-state index is 0.469. The van der Waals surface area contributed by atoms with Crippen LogP contribution in [-0.4, -0.2) is 25.2 Å². The van der Waals surface area contributed by atoms with E-state index in [0.717, 1.165) is 25.7 Å². The molecule has 0 aliphatic heterocycles. The molecule has 76 valence electrons. The SMILES string of the molecule is O=C=NCC1CCC[C@@H](CN=C=O)C1. The smallest absolute Gasteiger partial charge is 0.211 e. The van der Waals surface area contributed by atoms with Crippen LogP contribution >= 0.6 is 0 Å². The lowest BCUT2D eigenvalue weighted by Gasteiger charge is -2.26. The molecule has 1 rings (SSSR count). The van der Waals surface area contributed by atoms with Crippen LogP contribution in [0.2, 0.25) is 0 Å². The van der Waals surface area contributed by atoms with Crippen LogP contribution < -0.4 is 0 Å². The molecule has 0 radical (unpaired) electrons. The van der Waals surface area contributed by atoms with Gasteiger partial charge in [-0.2, -0.15) is 0 Å². The monoisotopic (exact) mass is 194 g/mol. The Hall–Kier alpha value is -1.24.